The highest BCUT2D eigenvalue weighted by atomic mass is 16.5. The fraction of sp³-hybridized carbons (Fsp3) is 0.250. The molecule has 1 amide bonds. The Balaban J connectivity index is 1.72. The van der Waals surface area contributed by atoms with E-state index >= 15 is 0 Å². The van der Waals surface area contributed by atoms with Gasteiger partial charge in [0.05, 0.1) is 5.41 Å². The van der Waals surface area contributed by atoms with E-state index in [2.05, 4.69) is 20.2 Å². The first kappa shape index (κ1) is 19.2. The number of aromatic nitrogens is 4. The molecule has 0 aliphatic heterocycles. The first-order valence-electron chi connectivity index (χ1n) is 8.69. The van der Waals surface area contributed by atoms with Crippen LogP contribution in [0.4, 0.5) is 5.95 Å². The molecule has 0 aliphatic rings. The van der Waals surface area contributed by atoms with Gasteiger partial charge in [-0.05, 0) is 57.2 Å². The summed E-state index contributed by atoms with van der Waals surface area (Å²) in [6.45, 7) is 5.33. The van der Waals surface area contributed by atoms with Gasteiger partial charge in [-0.1, -0.05) is 0 Å². The number of pyridine rings is 1. The summed E-state index contributed by atoms with van der Waals surface area (Å²) in [5.41, 5.74) is 0.622. The molecule has 3 rings (SSSR count). The minimum absolute atomic E-state index is 0.272. The Morgan fingerprint density at radius 1 is 1.04 bits per heavy atom. The fourth-order valence-corrected chi connectivity index (χ4v) is 2.25. The number of nitrogens with one attached hydrogen (secondary N) is 1. The Labute approximate surface area is 162 Å². The number of H-pyrrole nitrogens is 1. The number of aromatic amines is 1. The number of hydrogen-bond acceptors (Lipinski definition) is 6. The van der Waals surface area contributed by atoms with E-state index in [1.807, 2.05) is 0 Å². The number of benzene rings is 1. The summed E-state index contributed by atoms with van der Waals surface area (Å²) in [5.74, 6) is 0.570. The zero-order valence-corrected chi connectivity index (χ0v) is 16.1. The molecule has 1 N–H and O–H groups in total. The third kappa shape index (κ3) is 4.22. The van der Waals surface area contributed by atoms with Crippen LogP contribution in [0.1, 0.15) is 31.1 Å². The molecule has 0 radical (unpaired) electrons. The van der Waals surface area contributed by atoms with Crippen molar-refractivity contribution in [1.82, 2.24) is 20.2 Å². The van der Waals surface area contributed by atoms with Crippen molar-refractivity contribution >= 4 is 17.8 Å². The van der Waals surface area contributed by atoms with Crippen LogP contribution >= 0.6 is 0 Å². The Morgan fingerprint density at radius 3 is 2.29 bits per heavy atom. The molecule has 0 fully saturated rings. The zero-order valence-electron chi connectivity index (χ0n) is 16.1. The second-order valence-electron chi connectivity index (χ2n) is 7.25. The van der Waals surface area contributed by atoms with Crippen LogP contribution in [0.15, 0.2) is 48.8 Å². The van der Waals surface area contributed by atoms with Crippen LogP contribution in [0.25, 0.3) is 11.4 Å². The number of ether oxygens (including phenoxy) is 1. The van der Waals surface area contributed by atoms with E-state index in [-0.39, 0.29) is 11.9 Å². The number of esters is 1. The monoisotopic (exact) mass is 379 g/mol. The molecule has 2 aromatic heterocycles. The number of carbonyl (C=O) groups excluding carboxylic acids is 2. The minimum Gasteiger partial charge on any atom is -0.426 e. The third-order valence-corrected chi connectivity index (χ3v) is 3.96. The quantitative estimate of drug-likeness (QED) is 0.552. The standard InChI is InChI=1S/C20H21N5O3/c1-20(2,3)18(27)28-15-7-5-14(6-8-15)17(26)25(4)19-22-16(23-24-19)13-9-11-21-12-10-13/h5-12H,1-4H3,(H,22,23,24). The van der Waals surface area contributed by atoms with Gasteiger partial charge in [0.15, 0.2) is 5.82 Å². The smallest absolute Gasteiger partial charge is 0.316 e. The van der Waals surface area contributed by atoms with E-state index in [1.165, 1.54) is 4.90 Å². The van der Waals surface area contributed by atoms with Crippen LogP contribution in [0.5, 0.6) is 5.75 Å². The average Bonchev–Trinajstić information content (AvgIpc) is 3.17. The number of nitrogens with zero attached hydrogens (tertiary/aromatic N) is 4. The summed E-state index contributed by atoms with van der Waals surface area (Å²) in [4.78, 5) is 34.3. The predicted molar refractivity (Wildman–Crippen MR) is 104 cm³/mol. The highest BCUT2D eigenvalue weighted by molar-refractivity contribution is 6.04. The lowest BCUT2D eigenvalue weighted by molar-refractivity contribution is -0.142. The van der Waals surface area contributed by atoms with Gasteiger partial charge in [-0.25, -0.2) is 5.10 Å². The van der Waals surface area contributed by atoms with Crippen LogP contribution in [0.2, 0.25) is 0 Å². The van der Waals surface area contributed by atoms with Crippen molar-refractivity contribution < 1.29 is 14.3 Å². The van der Waals surface area contributed by atoms with E-state index in [4.69, 9.17) is 4.74 Å². The van der Waals surface area contributed by atoms with Crippen molar-refractivity contribution in [3.63, 3.8) is 0 Å². The molecule has 144 valence electrons. The second kappa shape index (κ2) is 7.59. The number of carbonyl (C=O) groups is 2. The molecule has 0 saturated heterocycles. The molecule has 0 unspecified atom stereocenters. The van der Waals surface area contributed by atoms with Crippen molar-refractivity contribution in [3.05, 3.63) is 54.4 Å². The Morgan fingerprint density at radius 2 is 1.68 bits per heavy atom. The van der Waals surface area contributed by atoms with Crippen molar-refractivity contribution in [2.24, 2.45) is 5.41 Å². The SMILES string of the molecule is CN(C(=O)c1ccc(OC(=O)C(C)(C)C)cc1)c1nc(-c2ccncc2)n[nH]1. The molecule has 2 heterocycles. The molecule has 0 atom stereocenters. The molecule has 0 saturated carbocycles. The maximum Gasteiger partial charge on any atom is 0.316 e. The minimum atomic E-state index is -0.604. The Hall–Kier alpha value is -3.55. The van der Waals surface area contributed by atoms with Crippen LogP contribution in [0, 0.1) is 5.41 Å². The molecule has 28 heavy (non-hydrogen) atoms. The number of rotatable bonds is 4. The van der Waals surface area contributed by atoms with Gasteiger partial charge in [0.2, 0.25) is 5.95 Å². The lowest BCUT2D eigenvalue weighted by atomic mass is 9.97. The highest BCUT2D eigenvalue weighted by Crippen LogP contribution is 2.21. The normalized spacial score (nSPS) is 11.1. The topological polar surface area (TPSA) is 101 Å². The van der Waals surface area contributed by atoms with Gasteiger partial charge in [-0.15, -0.1) is 0 Å². The Bertz CT molecular complexity index is 975. The van der Waals surface area contributed by atoms with Gasteiger partial charge < -0.3 is 4.74 Å². The Kier molecular flexibility index (Phi) is 5.21. The molecular formula is C20H21N5O3. The van der Waals surface area contributed by atoms with E-state index < -0.39 is 5.41 Å². The van der Waals surface area contributed by atoms with Gasteiger partial charge >= 0.3 is 5.97 Å². The van der Waals surface area contributed by atoms with Crippen molar-refractivity contribution in [2.45, 2.75) is 20.8 Å². The third-order valence-electron chi connectivity index (χ3n) is 3.96. The van der Waals surface area contributed by atoms with Gasteiger partial charge in [0.1, 0.15) is 5.75 Å². The van der Waals surface area contributed by atoms with Crippen LogP contribution in [-0.2, 0) is 4.79 Å². The largest absolute Gasteiger partial charge is 0.426 e. The van der Waals surface area contributed by atoms with E-state index in [9.17, 15) is 9.59 Å². The maximum atomic E-state index is 12.7. The van der Waals surface area contributed by atoms with Crippen LogP contribution < -0.4 is 9.64 Å². The summed E-state index contributed by atoms with van der Waals surface area (Å²) in [5, 5.41) is 6.90. The van der Waals surface area contributed by atoms with Gasteiger partial charge in [-0.2, -0.15) is 10.1 Å². The highest BCUT2D eigenvalue weighted by Gasteiger charge is 2.24. The van der Waals surface area contributed by atoms with Gasteiger partial charge in [0, 0.05) is 30.6 Å². The van der Waals surface area contributed by atoms with E-state index in [0.717, 1.165) is 5.56 Å². The molecular weight excluding hydrogens is 358 g/mol. The summed E-state index contributed by atoms with van der Waals surface area (Å²) in [7, 11) is 1.60. The first-order valence-corrected chi connectivity index (χ1v) is 8.69. The molecule has 0 bridgehead atoms. The first-order chi connectivity index (χ1) is 13.3. The lowest BCUT2D eigenvalue weighted by Gasteiger charge is -2.17. The molecule has 8 heteroatoms. The number of anilines is 1. The summed E-state index contributed by atoms with van der Waals surface area (Å²) < 4.78 is 5.31. The van der Waals surface area contributed by atoms with Gasteiger partial charge in [-0.3, -0.25) is 19.5 Å². The average molecular weight is 379 g/mol. The van der Waals surface area contributed by atoms with Crippen molar-refractivity contribution in [3.8, 4) is 17.1 Å². The second-order valence-corrected chi connectivity index (χ2v) is 7.25. The van der Waals surface area contributed by atoms with Crippen LogP contribution in [-0.4, -0.2) is 39.1 Å². The molecule has 0 aliphatic carbocycles. The fourth-order valence-electron chi connectivity index (χ4n) is 2.25. The van der Waals surface area contributed by atoms with Gasteiger partial charge in [0.25, 0.3) is 5.91 Å². The van der Waals surface area contributed by atoms with Crippen LogP contribution in [0.3, 0.4) is 0 Å². The van der Waals surface area contributed by atoms with E-state index in [0.29, 0.717) is 23.1 Å². The lowest BCUT2D eigenvalue weighted by Crippen LogP contribution is -2.27. The summed E-state index contributed by atoms with van der Waals surface area (Å²) >= 11 is 0. The molecule has 3 aromatic rings. The van der Waals surface area contributed by atoms with Crippen molar-refractivity contribution in [2.75, 3.05) is 11.9 Å². The van der Waals surface area contributed by atoms with Crippen molar-refractivity contribution in [1.29, 1.82) is 0 Å². The molecule has 0 spiro atoms. The summed E-state index contributed by atoms with van der Waals surface area (Å²) in [6, 6.07) is 9.95. The zero-order chi connectivity index (χ0) is 20.3. The number of hydrogen-bond donors (Lipinski definition) is 1. The predicted octanol–water partition coefficient (Wildman–Crippen LogP) is 3.09. The summed E-state index contributed by atoms with van der Waals surface area (Å²) in [6.07, 6.45) is 3.29. The number of amides is 1. The molecule has 8 nitrogen and oxygen atoms in total. The van der Waals surface area contributed by atoms with E-state index in [1.54, 1.807) is 76.6 Å². The molecule has 1 aromatic carbocycles. The maximum absolute atomic E-state index is 12.7.